The number of nitrogens with one attached hydrogen (secondary N) is 1. The molecule has 1 unspecified atom stereocenters. The van der Waals surface area contributed by atoms with Crippen LogP contribution in [0.15, 0.2) is 24.3 Å². The van der Waals surface area contributed by atoms with Crippen LogP contribution in [0.25, 0.3) is 0 Å². The van der Waals surface area contributed by atoms with Crippen LogP contribution in [0.4, 0.5) is 0 Å². The summed E-state index contributed by atoms with van der Waals surface area (Å²) >= 11 is 0. The van der Waals surface area contributed by atoms with Gasteiger partial charge in [0.15, 0.2) is 0 Å². The Morgan fingerprint density at radius 3 is 2.40 bits per heavy atom. The summed E-state index contributed by atoms with van der Waals surface area (Å²) in [6, 6.07) is 9.05. The summed E-state index contributed by atoms with van der Waals surface area (Å²) in [5.41, 5.74) is 2.28. The lowest BCUT2D eigenvalue weighted by molar-refractivity contribution is -0.135. The number of hydrogen-bond acceptors (Lipinski definition) is 2. The zero-order valence-electron chi connectivity index (χ0n) is 12.2. The maximum atomic E-state index is 12.7. The number of amides is 1. The van der Waals surface area contributed by atoms with E-state index in [0.717, 1.165) is 31.6 Å². The highest BCUT2D eigenvalue weighted by atomic mass is 16.2. The zero-order chi connectivity index (χ0) is 13.9. The van der Waals surface area contributed by atoms with Crippen molar-refractivity contribution in [1.29, 1.82) is 0 Å². The first kappa shape index (κ1) is 12.4. The Bertz CT molecular complexity index is 541. The average Bonchev–Trinajstić information content (AvgIpc) is 3.11. The summed E-state index contributed by atoms with van der Waals surface area (Å²) in [5.74, 6) is 1.11. The van der Waals surface area contributed by atoms with Crippen LogP contribution in [0.5, 0.6) is 0 Å². The van der Waals surface area contributed by atoms with Crippen LogP contribution in [-0.4, -0.2) is 22.4 Å². The molecule has 1 aromatic carbocycles. The van der Waals surface area contributed by atoms with Crippen LogP contribution in [0.1, 0.15) is 49.9 Å². The van der Waals surface area contributed by atoms with Gasteiger partial charge in [0, 0.05) is 6.04 Å². The van der Waals surface area contributed by atoms with Gasteiger partial charge >= 0.3 is 0 Å². The smallest absolute Gasteiger partial charge is 0.244 e. The molecule has 3 heteroatoms. The molecule has 1 spiro atoms. The van der Waals surface area contributed by atoms with Crippen LogP contribution in [-0.2, 0) is 4.79 Å². The average molecular weight is 270 g/mol. The van der Waals surface area contributed by atoms with Gasteiger partial charge in [-0.1, -0.05) is 36.8 Å². The van der Waals surface area contributed by atoms with Crippen LogP contribution < -0.4 is 5.32 Å². The van der Waals surface area contributed by atoms with Gasteiger partial charge < -0.3 is 4.90 Å². The van der Waals surface area contributed by atoms with Crippen molar-refractivity contribution in [3.05, 3.63) is 35.4 Å². The molecule has 1 aromatic rings. The van der Waals surface area contributed by atoms with Gasteiger partial charge in [-0.25, -0.2) is 0 Å². The van der Waals surface area contributed by atoms with E-state index in [9.17, 15) is 4.79 Å². The topological polar surface area (TPSA) is 32.3 Å². The monoisotopic (exact) mass is 270 g/mol. The highest BCUT2D eigenvalue weighted by Crippen LogP contribution is 2.49. The molecule has 3 nitrogen and oxygen atoms in total. The molecule has 20 heavy (non-hydrogen) atoms. The maximum Gasteiger partial charge on any atom is 0.244 e. The lowest BCUT2D eigenvalue weighted by Gasteiger charge is -2.42. The first-order valence-corrected chi connectivity index (χ1v) is 7.76. The van der Waals surface area contributed by atoms with Gasteiger partial charge in [-0.15, -0.1) is 0 Å². The highest BCUT2D eigenvalue weighted by molar-refractivity contribution is 5.92. The van der Waals surface area contributed by atoms with Crippen molar-refractivity contribution >= 4 is 5.91 Å². The normalized spacial score (nSPS) is 34.4. The van der Waals surface area contributed by atoms with E-state index in [1.165, 1.54) is 11.1 Å². The molecule has 1 amide bonds. The predicted molar refractivity (Wildman–Crippen MR) is 78.1 cm³/mol. The molecule has 0 radical (unpaired) electrons. The Balaban J connectivity index is 1.65. The Morgan fingerprint density at radius 2 is 1.85 bits per heavy atom. The Morgan fingerprint density at radius 1 is 1.20 bits per heavy atom. The fourth-order valence-corrected chi connectivity index (χ4v) is 3.70. The van der Waals surface area contributed by atoms with E-state index in [0.29, 0.717) is 11.9 Å². The minimum atomic E-state index is -0.214. The zero-order valence-corrected chi connectivity index (χ0v) is 12.2. The Labute approximate surface area is 120 Å². The van der Waals surface area contributed by atoms with Crippen LogP contribution in [0.3, 0.4) is 0 Å². The van der Waals surface area contributed by atoms with E-state index < -0.39 is 0 Å². The Kier molecular flexibility index (Phi) is 2.53. The fraction of sp³-hybridized carbons (Fsp3) is 0.588. The van der Waals surface area contributed by atoms with Crippen LogP contribution >= 0.6 is 0 Å². The van der Waals surface area contributed by atoms with Crippen molar-refractivity contribution in [2.45, 2.75) is 57.3 Å². The summed E-state index contributed by atoms with van der Waals surface area (Å²) in [6.07, 6.45) is 4.42. The second-order valence-corrected chi connectivity index (χ2v) is 6.98. The molecule has 1 aliphatic heterocycles. The second-order valence-electron chi connectivity index (χ2n) is 6.98. The van der Waals surface area contributed by atoms with Crippen molar-refractivity contribution in [1.82, 2.24) is 10.2 Å². The van der Waals surface area contributed by atoms with Crippen LogP contribution in [0.2, 0.25) is 0 Å². The van der Waals surface area contributed by atoms with Gasteiger partial charge in [0.25, 0.3) is 0 Å². The fourth-order valence-electron chi connectivity index (χ4n) is 3.70. The predicted octanol–water partition coefficient (Wildman–Crippen LogP) is 2.76. The van der Waals surface area contributed by atoms with Gasteiger partial charge in [0.2, 0.25) is 5.91 Å². The van der Waals surface area contributed by atoms with E-state index in [1.54, 1.807) is 0 Å². The number of aryl methyl sites for hydroxylation is 1. The van der Waals surface area contributed by atoms with Gasteiger partial charge in [-0.3, -0.25) is 10.1 Å². The molecule has 1 heterocycles. The molecule has 1 atom stereocenters. The second kappa shape index (κ2) is 4.08. The number of carbonyl (C=O) groups is 1. The van der Waals surface area contributed by atoms with Gasteiger partial charge in [0.05, 0.1) is 0 Å². The minimum Gasteiger partial charge on any atom is -0.318 e. The molecule has 1 saturated heterocycles. The third kappa shape index (κ3) is 1.72. The van der Waals surface area contributed by atoms with Crippen molar-refractivity contribution in [2.75, 3.05) is 0 Å². The van der Waals surface area contributed by atoms with E-state index in [1.807, 2.05) is 0 Å². The van der Waals surface area contributed by atoms with E-state index in [2.05, 4.69) is 48.3 Å². The molecular weight excluding hydrogens is 248 g/mol. The summed E-state index contributed by atoms with van der Waals surface area (Å²) in [5, 5.41) is 3.62. The standard InChI is InChI=1S/C17H22N2O/c1-11-3-5-13(6-4-11)15-18-17(7-8-17)16(20)19(15)14-9-12(2)10-14/h3-6,12,14-15,18H,7-10H2,1-2H3. The molecule has 1 N–H and O–H groups in total. The van der Waals surface area contributed by atoms with E-state index in [4.69, 9.17) is 0 Å². The Hall–Kier alpha value is -1.35. The summed E-state index contributed by atoms with van der Waals surface area (Å²) in [7, 11) is 0. The lowest BCUT2D eigenvalue weighted by Crippen LogP contribution is -2.47. The van der Waals surface area contributed by atoms with Gasteiger partial charge in [-0.2, -0.15) is 0 Å². The molecule has 3 fully saturated rings. The van der Waals surface area contributed by atoms with Gasteiger partial charge in [-0.05, 0) is 44.1 Å². The van der Waals surface area contributed by atoms with Crippen molar-refractivity contribution in [3.63, 3.8) is 0 Å². The molecule has 2 aliphatic carbocycles. The number of carbonyl (C=O) groups excluding carboxylic acids is 1. The van der Waals surface area contributed by atoms with Crippen LogP contribution in [0, 0.1) is 12.8 Å². The van der Waals surface area contributed by atoms with Crippen molar-refractivity contribution in [3.8, 4) is 0 Å². The number of hydrogen-bond donors (Lipinski definition) is 1. The molecule has 0 aromatic heterocycles. The van der Waals surface area contributed by atoms with Crippen molar-refractivity contribution < 1.29 is 4.79 Å². The number of benzene rings is 1. The lowest BCUT2D eigenvalue weighted by atomic mass is 9.80. The molecular formula is C17H22N2O. The summed E-state index contributed by atoms with van der Waals surface area (Å²) in [4.78, 5) is 14.9. The third-order valence-electron chi connectivity index (χ3n) is 5.22. The molecule has 2 saturated carbocycles. The largest absolute Gasteiger partial charge is 0.318 e. The third-order valence-corrected chi connectivity index (χ3v) is 5.22. The van der Waals surface area contributed by atoms with Gasteiger partial charge in [0.1, 0.15) is 11.7 Å². The molecule has 106 valence electrons. The molecule has 0 bridgehead atoms. The quantitative estimate of drug-likeness (QED) is 0.896. The molecule has 4 rings (SSSR count). The number of rotatable bonds is 2. The maximum absolute atomic E-state index is 12.7. The number of nitrogens with zero attached hydrogens (tertiary/aromatic N) is 1. The highest BCUT2D eigenvalue weighted by Gasteiger charge is 2.61. The van der Waals surface area contributed by atoms with E-state index >= 15 is 0 Å². The summed E-state index contributed by atoms with van der Waals surface area (Å²) in [6.45, 7) is 4.38. The minimum absolute atomic E-state index is 0.0862. The van der Waals surface area contributed by atoms with Crippen molar-refractivity contribution in [2.24, 2.45) is 5.92 Å². The summed E-state index contributed by atoms with van der Waals surface area (Å²) < 4.78 is 0. The first-order chi connectivity index (χ1) is 9.59. The first-order valence-electron chi connectivity index (χ1n) is 7.76. The molecule has 3 aliphatic rings. The van der Waals surface area contributed by atoms with E-state index in [-0.39, 0.29) is 11.7 Å². The SMILES string of the molecule is Cc1ccc(C2NC3(CC3)C(=O)N2C2CC(C)C2)cc1.